The highest BCUT2D eigenvalue weighted by Gasteiger charge is 2.17. The Hall–Kier alpha value is -3.47. The lowest BCUT2D eigenvalue weighted by Gasteiger charge is -2.22. The summed E-state index contributed by atoms with van der Waals surface area (Å²) in [5.74, 6) is -0.367. The Bertz CT molecular complexity index is 1050. The number of hydroxylamine groups is 3. The molecular formula is C33H50N4O6. The van der Waals surface area contributed by atoms with Crippen molar-refractivity contribution in [3.05, 3.63) is 71.8 Å². The smallest absolute Gasteiger partial charge is 0.407 e. The fourth-order valence-corrected chi connectivity index (χ4v) is 3.99. The SMILES string of the molecule is CC(C)(C)OC(=O)NCCCCCN(OCc1ccccc1)C(=O)CCC(=O)NCCCCCNOCc1ccccc1. The molecule has 10 nitrogen and oxygen atoms in total. The lowest BCUT2D eigenvalue weighted by Crippen LogP contribution is -2.34. The molecule has 0 atom stereocenters. The van der Waals surface area contributed by atoms with E-state index in [9.17, 15) is 14.4 Å². The van der Waals surface area contributed by atoms with Gasteiger partial charge in [-0.25, -0.2) is 15.3 Å². The Morgan fingerprint density at radius 3 is 1.93 bits per heavy atom. The predicted octanol–water partition coefficient (Wildman–Crippen LogP) is 5.43. The molecule has 0 fully saturated rings. The highest BCUT2D eigenvalue weighted by Crippen LogP contribution is 2.09. The van der Waals surface area contributed by atoms with E-state index in [-0.39, 0.29) is 31.3 Å². The zero-order valence-electron chi connectivity index (χ0n) is 26.1. The molecule has 0 spiro atoms. The summed E-state index contributed by atoms with van der Waals surface area (Å²) in [5.41, 5.74) is 4.51. The maximum absolute atomic E-state index is 12.9. The van der Waals surface area contributed by atoms with Crippen LogP contribution in [0, 0.1) is 0 Å². The number of rotatable bonds is 21. The molecule has 0 radical (unpaired) electrons. The van der Waals surface area contributed by atoms with Gasteiger partial charge in [0.05, 0.1) is 6.61 Å². The molecule has 0 aliphatic heterocycles. The van der Waals surface area contributed by atoms with Gasteiger partial charge in [0.15, 0.2) is 0 Å². The summed E-state index contributed by atoms with van der Waals surface area (Å²) in [4.78, 5) is 48.3. The van der Waals surface area contributed by atoms with Gasteiger partial charge < -0.3 is 15.4 Å². The van der Waals surface area contributed by atoms with E-state index in [1.54, 1.807) is 0 Å². The van der Waals surface area contributed by atoms with Crippen molar-refractivity contribution in [2.24, 2.45) is 0 Å². The minimum Gasteiger partial charge on any atom is -0.444 e. The van der Waals surface area contributed by atoms with Crippen LogP contribution >= 0.6 is 0 Å². The molecule has 0 aromatic heterocycles. The van der Waals surface area contributed by atoms with Crippen molar-refractivity contribution in [2.75, 3.05) is 26.2 Å². The van der Waals surface area contributed by atoms with Crippen molar-refractivity contribution >= 4 is 17.9 Å². The second-order valence-electron chi connectivity index (χ2n) is 11.3. The fourth-order valence-electron chi connectivity index (χ4n) is 3.99. The first kappa shape index (κ1) is 35.7. The van der Waals surface area contributed by atoms with E-state index in [1.165, 1.54) is 5.06 Å². The Morgan fingerprint density at radius 1 is 0.698 bits per heavy atom. The van der Waals surface area contributed by atoms with E-state index in [1.807, 2.05) is 81.4 Å². The minimum atomic E-state index is -0.533. The first-order valence-electron chi connectivity index (χ1n) is 15.3. The van der Waals surface area contributed by atoms with Crippen LogP contribution in [0.3, 0.4) is 0 Å². The van der Waals surface area contributed by atoms with Crippen molar-refractivity contribution in [1.29, 1.82) is 0 Å². The summed E-state index contributed by atoms with van der Waals surface area (Å²) in [5, 5.41) is 7.02. The first-order chi connectivity index (χ1) is 20.7. The van der Waals surface area contributed by atoms with Crippen LogP contribution in [0.1, 0.15) is 83.3 Å². The minimum absolute atomic E-state index is 0.0729. The van der Waals surface area contributed by atoms with Crippen LogP contribution in [0.15, 0.2) is 60.7 Å². The summed E-state index contributed by atoms with van der Waals surface area (Å²) in [6.07, 6.45) is 4.74. The van der Waals surface area contributed by atoms with Gasteiger partial charge in [0.25, 0.3) is 0 Å². The zero-order chi connectivity index (χ0) is 31.2. The number of nitrogens with one attached hydrogen (secondary N) is 3. The topological polar surface area (TPSA) is 118 Å². The molecule has 3 amide bonds. The lowest BCUT2D eigenvalue weighted by molar-refractivity contribution is -0.192. The van der Waals surface area contributed by atoms with Crippen molar-refractivity contribution < 1.29 is 28.8 Å². The molecule has 0 heterocycles. The number of hydrogen-bond acceptors (Lipinski definition) is 7. The fraction of sp³-hybridized carbons (Fsp3) is 0.545. The third kappa shape index (κ3) is 18.6. The molecule has 2 rings (SSSR count). The van der Waals surface area contributed by atoms with Gasteiger partial charge in [-0.15, -0.1) is 0 Å². The molecule has 238 valence electrons. The summed E-state index contributed by atoms with van der Waals surface area (Å²) < 4.78 is 5.24. The largest absolute Gasteiger partial charge is 0.444 e. The van der Waals surface area contributed by atoms with Crippen LogP contribution in [0.4, 0.5) is 4.79 Å². The molecule has 2 aromatic carbocycles. The number of alkyl carbamates (subject to hydrolysis) is 1. The van der Waals surface area contributed by atoms with Crippen LogP contribution in [-0.2, 0) is 37.2 Å². The Morgan fingerprint density at radius 2 is 1.28 bits per heavy atom. The van der Waals surface area contributed by atoms with Gasteiger partial charge in [-0.05, 0) is 64.0 Å². The average molecular weight is 599 g/mol. The molecule has 0 saturated carbocycles. The summed E-state index contributed by atoms with van der Waals surface area (Å²) in [7, 11) is 0. The standard InChI is InChI=1S/C33H50N4O6/c1-33(2,3)43-32(40)35-23-13-7-15-25-37(42-27-29-18-10-5-11-19-29)31(39)21-20-30(38)34-22-12-6-14-24-36-41-26-28-16-8-4-9-17-28/h4-5,8-11,16-19,36H,6-7,12-15,20-27H2,1-3H3,(H,34,38)(H,35,40). The van der Waals surface area contributed by atoms with Gasteiger partial charge in [0.2, 0.25) is 11.8 Å². The van der Waals surface area contributed by atoms with E-state index in [0.717, 1.165) is 49.8 Å². The number of carbonyl (C=O) groups excluding carboxylic acids is 3. The van der Waals surface area contributed by atoms with Gasteiger partial charge >= 0.3 is 6.09 Å². The lowest BCUT2D eigenvalue weighted by atomic mass is 10.2. The van der Waals surface area contributed by atoms with E-state index in [4.69, 9.17) is 14.4 Å². The van der Waals surface area contributed by atoms with Crippen LogP contribution in [-0.4, -0.2) is 54.8 Å². The zero-order valence-corrected chi connectivity index (χ0v) is 26.1. The summed E-state index contributed by atoms with van der Waals surface area (Å²) >= 11 is 0. The number of unbranched alkanes of at least 4 members (excludes halogenated alkanes) is 4. The van der Waals surface area contributed by atoms with Gasteiger partial charge in [-0.2, -0.15) is 0 Å². The van der Waals surface area contributed by atoms with Crippen molar-refractivity contribution in [3.63, 3.8) is 0 Å². The van der Waals surface area contributed by atoms with E-state index >= 15 is 0 Å². The molecule has 0 saturated heterocycles. The number of benzene rings is 2. The number of amides is 3. The molecule has 10 heteroatoms. The van der Waals surface area contributed by atoms with Gasteiger partial charge in [0.1, 0.15) is 12.2 Å². The van der Waals surface area contributed by atoms with Crippen LogP contribution in [0.2, 0.25) is 0 Å². The van der Waals surface area contributed by atoms with Crippen molar-refractivity contribution in [1.82, 2.24) is 21.2 Å². The highest BCUT2D eigenvalue weighted by atomic mass is 16.7. The number of ether oxygens (including phenoxy) is 1. The molecule has 43 heavy (non-hydrogen) atoms. The Labute approximate surface area is 256 Å². The van der Waals surface area contributed by atoms with Gasteiger partial charge in [-0.1, -0.05) is 67.1 Å². The highest BCUT2D eigenvalue weighted by molar-refractivity contribution is 5.83. The van der Waals surface area contributed by atoms with Crippen LogP contribution in [0.5, 0.6) is 0 Å². The molecule has 2 aromatic rings. The van der Waals surface area contributed by atoms with Crippen molar-refractivity contribution in [2.45, 2.75) is 91.0 Å². The predicted molar refractivity (Wildman–Crippen MR) is 166 cm³/mol. The maximum Gasteiger partial charge on any atom is 0.407 e. The third-order valence-electron chi connectivity index (χ3n) is 6.24. The molecule has 0 aliphatic carbocycles. The first-order valence-corrected chi connectivity index (χ1v) is 15.3. The average Bonchev–Trinajstić information content (AvgIpc) is 2.98. The van der Waals surface area contributed by atoms with Crippen LogP contribution in [0.25, 0.3) is 0 Å². The summed E-state index contributed by atoms with van der Waals surface area (Å²) in [6.45, 7) is 8.48. The van der Waals surface area contributed by atoms with Gasteiger partial charge in [0, 0.05) is 39.0 Å². The molecule has 3 N–H and O–H groups in total. The van der Waals surface area contributed by atoms with Crippen molar-refractivity contribution in [3.8, 4) is 0 Å². The van der Waals surface area contributed by atoms with Gasteiger partial charge in [-0.3, -0.25) is 19.3 Å². The monoisotopic (exact) mass is 598 g/mol. The summed E-state index contributed by atoms with van der Waals surface area (Å²) in [6, 6.07) is 19.6. The molecule has 0 unspecified atom stereocenters. The molecule has 0 aliphatic rings. The maximum atomic E-state index is 12.9. The second-order valence-corrected chi connectivity index (χ2v) is 11.3. The second kappa shape index (κ2) is 21.3. The quantitative estimate of drug-likeness (QED) is 0.130. The number of carbonyl (C=O) groups is 3. The molecule has 0 bridgehead atoms. The van der Waals surface area contributed by atoms with E-state index in [2.05, 4.69) is 16.1 Å². The number of hydrogen-bond donors (Lipinski definition) is 3. The Balaban J connectivity index is 1.60. The third-order valence-corrected chi connectivity index (χ3v) is 6.24. The van der Waals surface area contributed by atoms with E-state index < -0.39 is 11.7 Å². The Kier molecular flexibility index (Phi) is 17.7. The normalized spacial score (nSPS) is 11.1. The molecular weight excluding hydrogens is 548 g/mol. The van der Waals surface area contributed by atoms with E-state index in [0.29, 0.717) is 32.7 Å². The van der Waals surface area contributed by atoms with Crippen LogP contribution < -0.4 is 16.1 Å². The number of nitrogens with zero attached hydrogens (tertiary/aromatic N) is 1.